The molecule has 3 rings (SSSR count). The Hall–Kier alpha value is -2.83. The van der Waals surface area contributed by atoms with Crippen molar-refractivity contribution in [2.24, 2.45) is 0 Å². The quantitative estimate of drug-likeness (QED) is 0.774. The van der Waals surface area contributed by atoms with Crippen molar-refractivity contribution in [3.8, 4) is 17.0 Å². The summed E-state index contributed by atoms with van der Waals surface area (Å²) in [5, 5.41) is 12.2. The topological polar surface area (TPSA) is 96.1 Å². The summed E-state index contributed by atoms with van der Waals surface area (Å²) in [6, 6.07) is 6.84. The van der Waals surface area contributed by atoms with Gasteiger partial charge >= 0.3 is 0 Å². The summed E-state index contributed by atoms with van der Waals surface area (Å²) in [5.41, 5.74) is 1.78. The van der Waals surface area contributed by atoms with E-state index in [2.05, 4.69) is 20.8 Å². The maximum atomic E-state index is 12.4. The van der Waals surface area contributed by atoms with Crippen LogP contribution in [0.4, 0.5) is 0 Å². The molecule has 1 saturated heterocycles. The lowest BCUT2D eigenvalue weighted by molar-refractivity contribution is -0.120. The highest BCUT2D eigenvalue weighted by molar-refractivity contribution is 6.02. The van der Waals surface area contributed by atoms with E-state index in [-0.39, 0.29) is 11.8 Å². The summed E-state index contributed by atoms with van der Waals surface area (Å²) in [6.07, 6.45) is 2.05. The highest BCUT2D eigenvalue weighted by Gasteiger charge is 2.27. The van der Waals surface area contributed by atoms with Crippen molar-refractivity contribution in [3.05, 3.63) is 36.0 Å². The van der Waals surface area contributed by atoms with E-state index in [4.69, 9.17) is 4.74 Å². The lowest BCUT2D eigenvalue weighted by Crippen LogP contribution is -2.40. The van der Waals surface area contributed by atoms with Gasteiger partial charge in [0.1, 0.15) is 11.8 Å². The van der Waals surface area contributed by atoms with Gasteiger partial charge in [-0.2, -0.15) is 5.10 Å². The normalized spacial score (nSPS) is 17.1. The van der Waals surface area contributed by atoms with Crippen molar-refractivity contribution >= 4 is 11.8 Å². The third-order valence-electron chi connectivity index (χ3n) is 3.60. The van der Waals surface area contributed by atoms with E-state index in [0.717, 1.165) is 5.56 Å². The highest BCUT2D eigenvalue weighted by Crippen LogP contribution is 2.25. The largest absolute Gasteiger partial charge is 0.497 e. The minimum absolute atomic E-state index is 0.153. The van der Waals surface area contributed by atoms with E-state index in [1.54, 1.807) is 7.11 Å². The van der Waals surface area contributed by atoms with Crippen LogP contribution < -0.4 is 15.4 Å². The fourth-order valence-corrected chi connectivity index (χ4v) is 2.42. The van der Waals surface area contributed by atoms with Crippen LogP contribution in [0.3, 0.4) is 0 Å². The fraction of sp³-hybridized carbons (Fsp3) is 0.267. The van der Waals surface area contributed by atoms with Crippen molar-refractivity contribution in [1.82, 2.24) is 20.8 Å². The molecule has 1 aliphatic heterocycles. The molecule has 2 heterocycles. The van der Waals surface area contributed by atoms with Gasteiger partial charge in [0.15, 0.2) is 0 Å². The Morgan fingerprint density at radius 3 is 3.05 bits per heavy atom. The van der Waals surface area contributed by atoms with Crippen LogP contribution in [0.25, 0.3) is 11.3 Å². The fourth-order valence-electron chi connectivity index (χ4n) is 2.42. The summed E-state index contributed by atoms with van der Waals surface area (Å²) in [6.45, 7) is 0.581. The molecular formula is C15H16N4O3. The molecule has 3 N–H and O–H groups in total. The molecule has 7 heteroatoms. The first-order valence-corrected chi connectivity index (χ1v) is 6.95. The van der Waals surface area contributed by atoms with Crippen molar-refractivity contribution < 1.29 is 14.3 Å². The van der Waals surface area contributed by atoms with Crippen LogP contribution in [0.1, 0.15) is 16.8 Å². The highest BCUT2D eigenvalue weighted by atomic mass is 16.5. The van der Waals surface area contributed by atoms with Gasteiger partial charge in [0.2, 0.25) is 5.91 Å². The third kappa shape index (κ3) is 2.65. The van der Waals surface area contributed by atoms with Gasteiger partial charge in [-0.15, -0.1) is 0 Å². The first-order chi connectivity index (χ1) is 10.7. The van der Waals surface area contributed by atoms with Crippen LogP contribution >= 0.6 is 0 Å². The van der Waals surface area contributed by atoms with E-state index in [9.17, 15) is 9.59 Å². The molecule has 1 aliphatic rings. The predicted octanol–water partition coefficient (Wildman–Crippen LogP) is 0.704. The summed E-state index contributed by atoms with van der Waals surface area (Å²) < 4.78 is 5.19. The molecular weight excluding hydrogens is 284 g/mol. The molecule has 1 atom stereocenters. The average molecular weight is 300 g/mol. The van der Waals surface area contributed by atoms with Gasteiger partial charge < -0.3 is 15.4 Å². The van der Waals surface area contributed by atoms with Crippen LogP contribution in [0.5, 0.6) is 5.75 Å². The number of aromatic amines is 1. The Balaban J connectivity index is 1.85. The summed E-state index contributed by atoms with van der Waals surface area (Å²) in [7, 11) is 1.58. The van der Waals surface area contributed by atoms with Gasteiger partial charge in [0.05, 0.1) is 24.6 Å². The number of H-pyrrole nitrogens is 1. The second-order valence-corrected chi connectivity index (χ2v) is 5.00. The molecule has 1 unspecified atom stereocenters. The lowest BCUT2D eigenvalue weighted by atomic mass is 10.1. The lowest BCUT2D eigenvalue weighted by Gasteiger charge is -2.10. The van der Waals surface area contributed by atoms with E-state index in [0.29, 0.717) is 30.0 Å². The number of hydrogen-bond donors (Lipinski definition) is 3. The first kappa shape index (κ1) is 14.1. The SMILES string of the molecule is COc1cccc(-c2[nH]ncc2C(=O)NC2CCNC2=O)c1. The van der Waals surface area contributed by atoms with Gasteiger partial charge in [0.25, 0.3) is 5.91 Å². The van der Waals surface area contributed by atoms with Crippen LogP contribution in [0.15, 0.2) is 30.5 Å². The van der Waals surface area contributed by atoms with E-state index in [1.165, 1.54) is 6.20 Å². The Morgan fingerprint density at radius 2 is 2.32 bits per heavy atom. The minimum atomic E-state index is -0.486. The molecule has 7 nitrogen and oxygen atoms in total. The summed E-state index contributed by atoms with van der Waals surface area (Å²) in [5.74, 6) is 0.210. The van der Waals surface area contributed by atoms with Crippen LogP contribution in [-0.4, -0.2) is 41.7 Å². The standard InChI is InChI=1S/C15H16N4O3/c1-22-10-4-2-3-9(7-10)13-11(8-17-19-13)14(20)18-12-5-6-16-15(12)21/h2-4,7-8,12H,5-6H2,1H3,(H,16,21)(H,17,19)(H,18,20). The maximum absolute atomic E-state index is 12.4. The molecule has 0 radical (unpaired) electrons. The maximum Gasteiger partial charge on any atom is 0.255 e. The van der Waals surface area contributed by atoms with Gasteiger partial charge in [-0.3, -0.25) is 14.7 Å². The molecule has 2 amide bonds. The van der Waals surface area contributed by atoms with E-state index < -0.39 is 6.04 Å². The number of carbonyl (C=O) groups excluding carboxylic acids is 2. The van der Waals surface area contributed by atoms with Crippen LogP contribution in [0.2, 0.25) is 0 Å². The number of ether oxygens (including phenoxy) is 1. The van der Waals surface area contributed by atoms with Crippen molar-refractivity contribution in [3.63, 3.8) is 0 Å². The summed E-state index contributed by atoms with van der Waals surface area (Å²) in [4.78, 5) is 23.9. The predicted molar refractivity (Wildman–Crippen MR) is 79.5 cm³/mol. The smallest absolute Gasteiger partial charge is 0.255 e. The Kier molecular flexibility index (Phi) is 3.78. The molecule has 0 bridgehead atoms. The number of nitrogens with one attached hydrogen (secondary N) is 3. The van der Waals surface area contributed by atoms with Crippen molar-refractivity contribution in [2.75, 3.05) is 13.7 Å². The second kappa shape index (κ2) is 5.88. The monoisotopic (exact) mass is 300 g/mol. The molecule has 114 valence electrons. The zero-order chi connectivity index (χ0) is 15.5. The Labute approximate surface area is 127 Å². The molecule has 0 spiro atoms. The van der Waals surface area contributed by atoms with Gasteiger partial charge in [-0.25, -0.2) is 0 Å². The molecule has 1 aromatic carbocycles. The van der Waals surface area contributed by atoms with Crippen molar-refractivity contribution in [1.29, 1.82) is 0 Å². The number of amides is 2. The first-order valence-electron chi connectivity index (χ1n) is 6.95. The third-order valence-corrected chi connectivity index (χ3v) is 3.60. The molecule has 2 aromatic rings. The second-order valence-electron chi connectivity index (χ2n) is 5.00. The average Bonchev–Trinajstić information content (AvgIpc) is 3.17. The number of rotatable bonds is 4. The van der Waals surface area contributed by atoms with Crippen LogP contribution in [0, 0.1) is 0 Å². The van der Waals surface area contributed by atoms with Crippen molar-refractivity contribution in [2.45, 2.75) is 12.5 Å². The number of benzene rings is 1. The van der Waals surface area contributed by atoms with Gasteiger partial charge in [0, 0.05) is 12.1 Å². The molecule has 1 fully saturated rings. The number of aromatic nitrogens is 2. The Bertz CT molecular complexity index is 710. The number of nitrogens with zero attached hydrogens (tertiary/aromatic N) is 1. The van der Waals surface area contributed by atoms with Crippen LogP contribution in [-0.2, 0) is 4.79 Å². The number of hydrogen-bond acceptors (Lipinski definition) is 4. The number of methoxy groups -OCH3 is 1. The van der Waals surface area contributed by atoms with Gasteiger partial charge in [-0.05, 0) is 18.6 Å². The number of carbonyl (C=O) groups is 2. The zero-order valence-electron chi connectivity index (χ0n) is 12.1. The summed E-state index contributed by atoms with van der Waals surface area (Å²) >= 11 is 0. The van der Waals surface area contributed by atoms with Gasteiger partial charge in [-0.1, -0.05) is 12.1 Å². The minimum Gasteiger partial charge on any atom is -0.497 e. The molecule has 0 saturated carbocycles. The Morgan fingerprint density at radius 1 is 1.45 bits per heavy atom. The molecule has 0 aliphatic carbocycles. The molecule has 1 aromatic heterocycles. The zero-order valence-corrected chi connectivity index (χ0v) is 12.1. The molecule has 22 heavy (non-hydrogen) atoms. The van der Waals surface area contributed by atoms with E-state index >= 15 is 0 Å². The van der Waals surface area contributed by atoms with E-state index in [1.807, 2.05) is 24.3 Å².